The Balaban J connectivity index is 2.28. The molecule has 0 saturated heterocycles. The summed E-state index contributed by atoms with van der Waals surface area (Å²) in [5.74, 6) is 0.552. The molecule has 2 aromatic heterocycles. The number of likely N-dealkylation sites (N-methyl/N-ethyl adjacent to an activating group) is 1. The van der Waals surface area contributed by atoms with E-state index in [2.05, 4.69) is 20.3 Å². The summed E-state index contributed by atoms with van der Waals surface area (Å²) in [5, 5.41) is 3.00. The molecule has 2 N–H and O–H groups in total. The molecule has 0 amide bonds. The van der Waals surface area contributed by atoms with Crippen LogP contribution in [0.2, 0.25) is 0 Å². The molecule has 0 unspecified atom stereocenters. The first kappa shape index (κ1) is 11.5. The minimum atomic E-state index is -0.0888. The maximum atomic E-state index is 11.8. The highest BCUT2D eigenvalue weighted by Crippen LogP contribution is 2.10. The second kappa shape index (κ2) is 5.36. The highest BCUT2D eigenvalue weighted by molar-refractivity contribution is 5.52. The van der Waals surface area contributed by atoms with Gasteiger partial charge in [0.05, 0.1) is 0 Å². The van der Waals surface area contributed by atoms with Gasteiger partial charge < -0.3 is 10.3 Å². The van der Waals surface area contributed by atoms with Gasteiger partial charge in [-0.3, -0.25) is 9.78 Å². The average Bonchev–Trinajstić information content (AvgIpc) is 2.38. The van der Waals surface area contributed by atoms with Crippen molar-refractivity contribution in [2.45, 2.75) is 6.42 Å². The third kappa shape index (κ3) is 2.76. The van der Waals surface area contributed by atoms with Gasteiger partial charge in [-0.2, -0.15) is 0 Å². The topological polar surface area (TPSA) is 70.7 Å². The SMILES string of the molecule is CNCCc1cnc(-c2cccnc2)[nH]c1=O. The van der Waals surface area contributed by atoms with Crippen molar-refractivity contribution >= 4 is 0 Å². The van der Waals surface area contributed by atoms with Crippen molar-refractivity contribution < 1.29 is 0 Å². The number of nitrogens with one attached hydrogen (secondary N) is 2. The summed E-state index contributed by atoms with van der Waals surface area (Å²) in [7, 11) is 1.85. The van der Waals surface area contributed by atoms with Gasteiger partial charge in [-0.15, -0.1) is 0 Å². The number of hydrogen-bond acceptors (Lipinski definition) is 4. The Kier molecular flexibility index (Phi) is 3.62. The second-order valence-corrected chi connectivity index (χ2v) is 3.68. The first-order valence-corrected chi connectivity index (χ1v) is 5.44. The molecular formula is C12H14N4O. The molecule has 0 aliphatic heterocycles. The molecule has 0 saturated carbocycles. The number of aromatic nitrogens is 3. The van der Waals surface area contributed by atoms with Crippen LogP contribution in [-0.4, -0.2) is 28.5 Å². The molecule has 0 fully saturated rings. The van der Waals surface area contributed by atoms with Crippen LogP contribution in [0.25, 0.3) is 11.4 Å². The lowest BCUT2D eigenvalue weighted by Crippen LogP contribution is -2.19. The fourth-order valence-corrected chi connectivity index (χ4v) is 1.51. The fourth-order valence-electron chi connectivity index (χ4n) is 1.51. The van der Waals surface area contributed by atoms with E-state index in [0.717, 1.165) is 12.1 Å². The Morgan fingerprint density at radius 2 is 2.29 bits per heavy atom. The van der Waals surface area contributed by atoms with E-state index in [9.17, 15) is 4.79 Å². The molecular weight excluding hydrogens is 216 g/mol. The van der Waals surface area contributed by atoms with Crippen LogP contribution in [0.15, 0.2) is 35.5 Å². The van der Waals surface area contributed by atoms with Gasteiger partial charge in [-0.1, -0.05) is 0 Å². The zero-order chi connectivity index (χ0) is 12.1. The monoisotopic (exact) mass is 230 g/mol. The number of rotatable bonds is 4. The number of nitrogens with zero attached hydrogens (tertiary/aromatic N) is 2. The number of H-pyrrole nitrogens is 1. The van der Waals surface area contributed by atoms with E-state index in [1.165, 1.54) is 0 Å². The molecule has 2 aromatic rings. The van der Waals surface area contributed by atoms with Crippen molar-refractivity contribution in [2.24, 2.45) is 0 Å². The van der Waals surface area contributed by atoms with Crippen LogP contribution in [0, 0.1) is 0 Å². The fraction of sp³-hybridized carbons (Fsp3) is 0.250. The summed E-state index contributed by atoms with van der Waals surface area (Å²) in [6.07, 6.45) is 5.65. The first-order chi connectivity index (χ1) is 8.31. The van der Waals surface area contributed by atoms with Gasteiger partial charge in [0.25, 0.3) is 5.56 Å². The quantitative estimate of drug-likeness (QED) is 0.806. The standard InChI is InChI=1S/C12H14N4O/c1-13-6-4-10-8-15-11(16-12(10)17)9-3-2-5-14-7-9/h2-3,5,7-8,13H,4,6H2,1H3,(H,15,16,17). The summed E-state index contributed by atoms with van der Waals surface area (Å²) in [6.45, 7) is 0.761. The summed E-state index contributed by atoms with van der Waals surface area (Å²) >= 11 is 0. The van der Waals surface area contributed by atoms with Gasteiger partial charge in [0.15, 0.2) is 0 Å². The minimum Gasteiger partial charge on any atom is -0.319 e. The normalized spacial score (nSPS) is 10.4. The van der Waals surface area contributed by atoms with Gasteiger partial charge >= 0.3 is 0 Å². The van der Waals surface area contributed by atoms with Gasteiger partial charge in [0.1, 0.15) is 5.82 Å². The van der Waals surface area contributed by atoms with Crippen LogP contribution in [0.1, 0.15) is 5.56 Å². The van der Waals surface area contributed by atoms with E-state index in [1.54, 1.807) is 18.6 Å². The maximum Gasteiger partial charge on any atom is 0.254 e. The van der Waals surface area contributed by atoms with Gasteiger partial charge in [-0.25, -0.2) is 4.98 Å². The van der Waals surface area contributed by atoms with Crippen LogP contribution in [-0.2, 0) is 6.42 Å². The summed E-state index contributed by atoms with van der Waals surface area (Å²) in [5.41, 5.74) is 1.41. The number of pyridine rings is 1. The molecule has 0 spiro atoms. The largest absolute Gasteiger partial charge is 0.319 e. The molecule has 5 nitrogen and oxygen atoms in total. The summed E-state index contributed by atoms with van der Waals surface area (Å²) < 4.78 is 0. The molecule has 0 bridgehead atoms. The third-order valence-corrected chi connectivity index (χ3v) is 2.45. The van der Waals surface area contributed by atoms with Crippen molar-refractivity contribution in [3.05, 3.63) is 46.6 Å². The van der Waals surface area contributed by atoms with Crippen molar-refractivity contribution in [1.82, 2.24) is 20.3 Å². The second-order valence-electron chi connectivity index (χ2n) is 3.68. The van der Waals surface area contributed by atoms with Crippen LogP contribution < -0.4 is 10.9 Å². The van der Waals surface area contributed by atoms with Crippen LogP contribution in [0.4, 0.5) is 0 Å². The maximum absolute atomic E-state index is 11.8. The van der Waals surface area contributed by atoms with Crippen LogP contribution >= 0.6 is 0 Å². The lowest BCUT2D eigenvalue weighted by Gasteiger charge is -2.02. The summed E-state index contributed by atoms with van der Waals surface area (Å²) in [4.78, 5) is 22.8. The zero-order valence-corrected chi connectivity index (χ0v) is 9.60. The van der Waals surface area contributed by atoms with Crippen molar-refractivity contribution in [1.29, 1.82) is 0 Å². The molecule has 0 radical (unpaired) electrons. The van der Waals surface area contributed by atoms with E-state index in [0.29, 0.717) is 17.8 Å². The summed E-state index contributed by atoms with van der Waals surface area (Å²) in [6, 6.07) is 3.67. The van der Waals surface area contributed by atoms with E-state index in [4.69, 9.17) is 0 Å². The number of hydrogen-bond donors (Lipinski definition) is 2. The van der Waals surface area contributed by atoms with Crippen LogP contribution in [0.5, 0.6) is 0 Å². The Morgan fingerprint density at radius 3 is 2.94 bits per heavy atom. The molecule has 0 aliphatic carbocycles. The van der Waals surface area contributed by atoms with Gasteiger partial charge in [-0.05, 0) is 32.1 Å². The Hall–Kier alpha value is -2.01. The average molecular weight is 230 g/mol. The van der Waals surface area contributed by atoms with Crippen molar-refractivity contribution in [3.8, 4) is 11.4 Å². The molecule has 2 rings (SSSR count). The molecule has 0 aliphatic rings. The van der Waals surface area contributed by atoms with Gasteiger partial charge in [0.2, 0.25) is 0 Å². The minimum absolute atomic E-state index is 0.0888. The van der Waals surface area contributed by atoms with E-state index < -0.39 is 0 Å². The Labute approximate surface area is 99.0 Å². The molecule has 0 aromatic carbocycles. The molecule has 0 atom stereocenters. The smallest absolute Gasteiger partial charge is 0.254 e. The zero-order valence-electron chi connectivity index (χ0n) is 9.60. The van der Waals surface area contributed by atoms with Crippen molar-refractivity contribution in [3.63, 3.8) is 0 Å². The van der Waals surface area contributed by atoms with E-state index in [-0.39, 0.29) is 5.56 Å². The molecule has 17 heavy (non-hydrogen) atoms. The van der Waals surface area contributed by atoms with Crippen molar-refractivity contribution in [2.75, 3.05) is 13.6 Å². The Morgan fingerprint density at radius 1 is 1.41 bits per heavy atom. The third-order valence-electron chi connectivity index (χ3n) is 2.45. The molecule has 5 heteroatoms. The lowest BCUT2D eigenvalue weighted by atomic mass is 10.2. The highest BCUT2D eigenvalue weighted by Gasteiger charge is 2.04. The van der Waals surface area contributed by atoms with E-state index in [1.807, 2.05) is 19.2 Å². The predicted octanol–water partition coefficient (Wildman–Crippen LogP) is 0.594. The lowest BCUT2D eigenvalue weighted by molar-refractivity contribution is 0.781. The molecule has 2 heterocycles. The molecule has 88 valence electrons. The Bertz CT molecular complexity index is 536. The first-order valence-electron chi connectivity index (χ1n) is 5.44. The number of aromatic amines is 1. The predicted molar refractivity (Wildman–Crippen MR) is 65.7 cm³/mol. The van der Waals surface area contributed by atoms with Crippen LogP contribution in [0.3, 0.4) is 0 Å². The highest BCUT2D eigenvalue weighted by atomic mass is 16.1. The van der Waals surface area contributed by atoms with E-state index >= 15 is 0 Å². The van der Waals surface area contributed by atoms with Gasteiger partial charge in [0, 0.05) is 29.7 Å².